The van der Waals surface area contributed by atoms with E-state index in [9.17, 15) is 9.90 Å². The number of hydrogen-bond acceptors (Lipinski definition) is 2. The molecule has 0 fully saturated rings. The van der Waals surface area contributed by atoms with E-state index in [1.165, 1.54) is 0 Å². The van der Waals surface area contributed by atoms with E-state index < -0.39 is 0 Å². The molecule has 1 aliphatic heterocycles. The fraction of sp³-hybridized carbons (Fsp3) is 0.364. The lowest BCUT2D eigenvalue weighted by molar-refractivity contribution is -0.118. The van der Waals surface area contributed by atoms with E-state index in [1.54, 1.807) is 24.1 Å². The summed E-state index contributed by atoms with van der Waals surface area (Å²) < 4.78 is 0. The van der Waals surface area contributed by atoms with Gasteiger partial charge in [0.15, 0.2) is 0 Å². The lowest BCUT2D eigenvalue weighted by Crippen LogP contribution is -2.24. The predicted octanol–water partition coefficient (Wildman–Crippen LogP) is 2.34. The van der Waals surface area contributed by atoms with Crippen LogP contribution in [0, 0.1) is 0 Å². The van der Waals surface area contributed by atoms with Crippen molar-refractivity contribution >= 4 is 23.2 Å². The van der Waals surface area contributed by atoms with Crippen molar-refractivity contribution < 1.29 is 9.90 Å². The van der Waals surface area contributed by atoms with Crippen LogP contribution in [0.3, 0.4) is 0 Å². The van der Waals surface area contributed by atoms with Gasteiger partial charge in [-0.1, -0.05) is 11.6 Å². The van der Waals surface area contributed by atoms with E-state index in [-0.39, 0.29) is 11.7 Å². The molecule has 0 bridgehead atoms. The van der Waals surface area contributed by atoms with Crippen LogP contribution in [0.15, 0.2) is 12.1 Å². The molecule has 1 amide bonds. The molecule has 1 aliphatic rings. The van der Waals surface area contributed by atoms with Gasteiger partial charge in [0.05, 0.1) is 10.7 Å². The number of rotatable bonds is 0. The van der Waals surface area contributed by atoms with Gasteiger partial charge in [-0.3, -0.25) is 4.79 Å². The number of halogens is 1. The van der Waals surface area contributed by atoms with Crippen molar-refractivity contribution in [1.82, 2.24) is 0 Å². The number of carbonyl (C=O) groups excluding carboxylic acids is 1. The van der Waals surface area contributed by atoms with Gasteiger partial charge in [-0.25, -0.2) is 0 Å². The first-order valence-electron chi connectivity index (χ1n) is 4.87. The Morgan fingerprint density at radius 2 is 2.13 bits per heavy atom. The lowest BCUT2D eigenvalue weighted by atomic mass is 10.1. The van der Waals surface area contributed by atoms with Crippen LogP contribution in [0.5, 0.6) is 5.75 Å². The highest BCUT2D eigenvalue weighted by molar-refractivity contribution is 6.32. The van der Waals surface area contributed by atoms with Crippen molar-refractivity contribution in [3.8, 4) is 5.75 Å². The van der Waals surface area contributed by atoms with Crippen molar-refractivity contribution in [2.24, 2.45) is 0 Å². The summed E-state index contributed by atoms with van der Waals surface area (Å²) in [5.74, 6) is 0.104. The van der Waals surface area contributed by atoms with Gasteiger partial charge >= 0.3 is 0 Å². The minimum Gasteiger partial charge on any atom is -0.506 e. The summed E-state index contributed by atoms with van der Waals surface area (Å²) in [7, 11) is 1.72. The molecule has 0 saturated carbocycles. The minimum atomic E-state index is 0.0250. The Bertz CT molecular complexity index is 417. The third-order valence-electron chi connectivity index (χ3n) is 2.72. The average molecular weight is 226 g/mol. The van der Waals surface area contributed by atoms with Crippen LogP contribution in [-0.4, -0.2) is 18.1 Å². The third-order valence-corrected chi connectivity index (χ3v) is 3.02. The molecule has 0 aliphatic carbocycles. The van der Waals surface area contributed by atoms with Crippen LogP contribution < -0.4 is 4.90 Å². The molecule has 0 spiro atoms. The zero-order valence-corrected chi connectivity index (χ0v) is 9.21. The molecule has 1 heterocycles. The van der Waals surface area contributed by atoms with Gasteiger partial charge in [-0.2, -0.15) is 0 Å². The summed E-state index contributed by atoms with van der Waals surface area (Å²) >= 11 is 5.83. The Kier molecular flexibility index (Phi) is 2.57. The Morgan fingerprint density at radius 3 is 2.87 bits per heavy atom. The average Bonchev–Trinajstić information content (AvgIpc) is 2.32. The zero-order chi connectivity index (χ0) is 11.0. The van der Waals surface area contributed by atoms with Crippen molar-refractivity contribution in [2.75, 3.05) is 11.9 Å². The smallest absolute Gasteiger partial charge is 0.226 e. The predicted molar refractivity (Wildman–Crippen MR) is 59.5 cm³/mol. The van der Waals surface area contributed by atoms with E-state index in [0.29, 0.717) is 11.4 Å². The number of nitrogens with zero attached hydrogens (tertiary/aromatic N) is 1. The van der Waals surface area contributed by atoms with Gasteiger partial charge in [0, 0.05) is 19.5 Å². The maximum Gasteiger partial charge on any atom is 0.226 e. The normalized spacial score (nSPS) is 16.1. The van der Waals surface area contributed by atoms with Crippen molar-refractivity contribution in [1.29, 1.82) is 0 Å². The zero-order valence-electron chi connectivity index (χ0n) is 8.46. The molecule has 0 radical (unpaired) electrons. The monoisotopic (exact) mass is 225 g/mol. The molecule has 0 aromatic heterocycles. The first-order chi connectivity index (χ1) is 7.09. The SMILES string of the molecule is CN1C(=O)CCCc2cc(Cl)c(O)cc21. The fourth-order valence-electron chi connectivity index (χ4n) is 1.84. The molecule has 4 heteroatoms. The van der Waals surface area contributed by atoms with Crippen LogP contribution in [0.25, 0.3) is 0 Å². The molecule has 80 valence electrons. The Labute approximate surface area is 93.3 Å². The highest BCUT2D eigenvalue weighted by Gasteiger charge is 2.20. The third kappa shape index (κ3) is 1.79. The maximum absolute atomic E-state index is 11.6. The van der Waals surface area contributed by atoms with E-state index in [4.69, 9.17) is 11.6 Å². The number of benzene rings is 1. The van der Waals surface area contributed by atoms with Crippen molar-refractivity contribution in [2.45, 2.75) is 19.3 Å². The quantitative estimate of drug-likeness (QED) is 0.736. The van der Waals surface area contributed by atoms with Crippen molar-refractivity contribution in [3.05, 3.63) is 22.7 Å². The Balaban J connectivity index is 2.54. The molecule has 1 aromatic rings. The molecular formula is C11H12ClNO2. The summed E-state index contributed by atoms with van der Waals surface area (Å²) in [6.45, 7) is 0. The highest BCUT2D eigenvalue weighted by Crippen LogP contribution is 2.34. The summed E-state index contributed by atoms with van der Waals surface area (Å²) in [5, 5.41) is 9.85. The second-order valence-electron chi connectivity index (χ2n) is 3.74. The van der Waals surface area contributed by atoms with Crippen LogP contribution >= 0.6 is 11.6 Å². The van der Waals surface area contributed by atoms with E-state index in [0.717, 1.165) is 24.1 Å². The Morgan fingerprint density at radius 1 is 1.40 bits per heavy atom. The van der Waals surface area contributed by atoms with Gasteiger partial charge in [-0.05, 0) is 24.5 Å². The molecule has 0 saturated heterocycles. The number of phenolic OH excluding ortho intramolecular Hbond substituents is 1. The number of aromatic hydroxyl groups is 1. The molecule has 15 heavy (non-hydrogen) atoms. The maximum atomic E-state index is 11.6. The molecule has 0 unspecified atom stereocenters. The second kappa shape index (κ2) is 3.74. The van der Waals surface area contributed by atoms with Gasteiger partial charge in [0.25, 0.3) is 0 Å². The van der Waals surface area contributed by atoms with Gasteiger partial charge < -0.3 is 10.0 Å². The molecule has 1 N–H and O–H groups in total. The van der Waals surface area contributed by atoms with Gasteiger partial charge in [0.2, 0.25) is 5.91 Å². The first-order valence-corrected chi connectivity index (χ1v) is 5.25. The first kappa shape index (κ1) is 10.3. The van der Waals surface area contributed by atoms with Gasteiger partial charge in [0.1, 0.15) is 5.75 Å². The van der Waals surface area contributed by atoms with E-state index in [2.05, 4.69) is 0 Å². The molecule has 1 aromatic carbocycles. The van der Waals surface area contributed by atoms with Crippen LogP contribution in [-0.2, 0) is 11.2 Å². The number of fused-ring (bicyclic) bond motifs is 1. The number of phenols is 1. The van der Waals surface area contributed by atoms with Crippen LogP contribution in [0.1, 0.15) is 18.4 Å². The number of amides is 1. The fourth-order valence-corrected chi connectivity index (χ4v) is 2.02. The molecule has 3 nitrogen and oxygen atoms in total. The molecule has 2 rings (SSSR count). The number of anilines is 1. The summed E-state index contributed by atoms with van der Waals surface area (Å²) in [5.41, 5.74) is 1.78. The molecule has 0 atom stereocenters. The topological polar surface area (TPSA) is 40.5 Å². The number of aryl methyl sites for hydroxylation is 1. The molecular weight excluding hydrogens is 214 g/mol. The minimum absolute atomic E-state index is 0.0250. The number of carbonyl (C=O) groups is 1. The van der Waals surface area contributed by atoms with E-state index in [1.807, 2.05) is 0 Å². The summed E-state index contributed by atoms with van der Waals surface area (Å²) in [6, 6.07) is 3.29. The summed E-state index contributed by atoms with van der Waals surface area (Å²) in [4.78, 5) is 13.2. The standard InChI is InChI=1S/C11H12ClNO2/c1-13-9-6-10(14)8(12)5-7(9)3-2-4-11(13)15/h5-6,14H,2-4H2,1H3. The highest BCUT2D eigenvalue weighted by atomic mass is 35.5. The summed E-state index contributed by atoms with van der Waals surface area (Å²) in [6.07, 6.45) is 2.20. The van der Waals surface area contributed by atoms with E-state index >= 15 is 0 Å². The largest absolute Gasteiger partial charge is 0.506 e. The van der Waals surface area contributed by atoms with Gasteiger partial charge in [-0.15, -0.1) is 0 Å². The van der Waals surface area contributed by atoms with Crippen LogP contribution in [0.4, 0.5) is 5.69 Å². The van der Waals surface area contributed by atoms with Crippen LogP contribution in [0.2, 0.25) is 5.02 Å². The Hall–Kier alpha value is -1.22. The number of hydrogen-bond donors (Lipinski definition) is 1. The van der Waals surface area contributed by atoms with Crippen molar-refractivity contribution in [3.63, 3.8) is 0 Å². The lowest BCUT2D eigenvalue weighted by Gasteiger charge is -2.18. The second-order valence-corrected chi connectivity index (χ2v) is 4.15.